The summed E-state index contributed by atoms with van der Waals surface area (Å²) >= 11 is 0. The molecule has 0 saturated carbocycles. The zero-order valence-corrected chi connectivity index (χ0v) is 15.9. The van der Waals surface area contributed by atoms with Crippen molar-refractivity contribution in [2.45, 2.75) is 25.3 Å². The molecule has 1 amide bonds. The molecule has 0 radical (unpaired) electrons. The summed E-state index contributed by atoms with van der Waals surface area (Å²) in [6.45, 7) is 3.99. The van der Waals surface area contributed by atoms with Gasteiger partial charge in [-0.3, -0.25) is 9.69 Å². The molecule has 3 aromatic rings. The van der Waals surface area contributed by atoms with Crippen molar-refractivity contribution in [3.63, 3.8) is 0 Å². The van der Waals surface area contributed by atoms with E-state index in [0.29, 0.717) is 17.1 Å². The molecule has 0 unspecified atom stereocenters. The highest BCUT2D eigenvalue weighted by Gasteiger charge is 2.31. The first-order valence-electron chi connectivity index (χ1n) is 10.1. The second-order valence-electron chi connectivity index (χ2n) is 7.85. The number of fused-ring (bicyclic) bond motifs is 1. The van der Waals surface area contributed by atoms with E-state index < -0.39 is 0 Å². The molecule has 2 fully saturated rings. The van der Waals surface area contributed by atoms with Gasteiger partial charge in [0.25, 0.3) is 5.91 Å². The topological polar surface area (TPSA) is 28.5 Å². The van der Waals surface area contributed by atoms with Crippen molar-refractivity contribution >= 4 is 16.8 Å². The van der Waals surface area contributed by atoms with Crippen LogP contribution in [0, 0.1) is 5.82 Å². The fourth-order valence-electron chi connectivity index (χ4n) is 4.64. The third kappa shape index (κ3) is 3.00. The van der Waals surface area contributed by atoms with Crippen LogP contribution >= 0.6 is 0 Å². The monoisotopic (exact) mass is 377 g/mol. The number of para-hydroxylation sites is 1. The van der Waals surface area contributed by atoms with Crippen molar-refractivity contribution in [3.05, 3.63) is 66.1 Å². The Balaban J connectivity index is 1.34. The quantitative estimate of drug-likeness (QED) is 0.688. The van der Waals surface area contributed by atoms with E-state index in [1.165, 1.54) is 32.0 Å². The Hall–Kier alpha value is -2.66. The van der Waals surface area contributed by atoms with Crippen LogP contribution < -0.4 is 0 Å². The highest BCUT2D eigenvalue weighted by atomic mass is 19.1. The summed E-state index contributed by atoms with van der Waals surface area (Å²) in [7, 11) is 0. The number of amides is 1. The summed E-state index contributed by atoms with van der Waals surface area (Å²) in [6.07, 6.45) is 5.49. The van der Waals surface area contributed by atoms with Crippen LogP contribution in [0.15, 0.2) is 54.7 Å². The van der Waals surface area contributed by atoms with E-state index in [0.717, 1.165) is 30.6 Å². The first kappa shape index (κ1) is 17.4. The van der Waals surface area contributed by atoms with Gasteiger partial charge in [-0.2, -0.15) is 0 Å². The van der Waals surface area contributed by atoms with Crippen molar-refractivity contribution in [2.75, 3.05) is 26.2 Å². The molecular formula is C23H24FN3O. The minimum absolute atomic E-state index is 0.0943. The molecule has 1 aromatic heterocycles. The molecule has 2 saturated heterocycles. The van der Waals surface area contributed by atoms with Crippen molar-refractivity contribution < 1.29 is 9.18 Å². The van der Waals surface area contributed by atoms with Gasteiger partial charge < -0.3 is 9.47 Å². The molecule has 2 aromatic carbocycles. The molecule has 2 aliphatic heterocycles. The number of likely N-dealkylation sites (tertiary alicyclic amines) is 2. The van der Waals surface area contributed by atoms with E-state index in [9.17, 15) is 9.18 Å². The number of rotatable bonds is 3. The Labute approximate surface area is 164 Å². The number of carbonyl (C=O) groups is 1. The fraction of sp³-hybridized carbons (Fsp3) is 0.348. The molecule has 2 aliphatic rings. The van der Waals surface area contributed by atoms with Gasteiger partial charge in [-0.25, -0.2) is 4.39 Å². The number of hydrogen-bond donors (Lipinski definition) is 0. The van der Waals surface area contributed by atoms with Crippen molar-refractivity contribution in [1.29, 1.82) is 0 Å². The third-order valence-electron chi connectivity index (χ3n) is 6.16. The van der Waals surface area contributed by atoms with Crippen molar-refractivity contribution in [2.24, 2.45) is 0 Å². The number of aromatic nitrogens is 1. The third-order valence-corrected chi connectivity index (χ3v) is 6.16. The first-order valence-corrected chi connectivity index (χ1v) is 10.1. The number of hydrogen-bond acceptors (Lipinski definition) is 2. The zero-order chi connectivity index (χ0) is 19.1. The maximum Gasteiger partial charge on any atom is 0.253 e. The minimum atomic E-state index is -0.243. The standard InChI is InChI=1S/C23H24FN3O/c24-21-5-3-4-17-10-15-27(22(17)21)19-8-6-18(7-9-19)23(28)26-14-11-20(16-26)25-12-1-2-13-25/h3-10,15,20H,1-2,11-14,16H2/t20-/m0/s1. The maximum atomic E-state index is 14.3. The van der Waals surface area contributed by atoms with Gasteiger partial charge in [0.05, 0.1) is 5.52 Å². The Kier molecular flexibility index (Phi) is 4.40. The zero-order valence-electron chi connectivity index (χ0n) is 15.9. The van der Waals surface area contributed by atoms with Crippen molar-refractivity contribution in [1.82, 2.24) is 14.4 Å². The lowest BCUT2D eigenvalue weighted by Gasteiger charge is -2.23. The number of nitrogens with zero attached hydrogens (tertiary/aromatic N) is 3. The Morgan fingerprint density at radius 3 is 2.54 bits per heavy atom. The lowest BCUT2D eigenvalue weighted by atomic mass is 10.1. The molecule has 0 spiro atoms. The van der Waals surface area contributed by atoms with Crippen LogP contribution in [0.4, 0.5) is 4.39 Å². The van der Waals surface area contributed by atoms with Crippen LogP contribution in [0.3, 0.4) is 0 Å². The maximum absolute atomic E-state index is 14.3. The molecule has 3 heterocycles. The predicted molar refractivity (Wildman–Crippen MR) is 108 cm³/mol. The molecule has 4 nitrogen and oxygen atoms in total. The van der Waals surface area contributed by atoms with Crippen LogP contribution in [0.2, 0.25) is 0 Å². The molecule has 5 rings (SSSR count). The summed E-state index contributed by atoms with van der Waals surface area (Å²) in [5.74, 6) is -0.149. The van der Waals surface area contributed by atoms with Crippen LogP contribution in [0.5, 0.6) is 0 Å². The molecule has 5 heteroatoms. The smallest absolute Gasteiger partial charge is 0.253 e. The van der Waals surface area contributed by atoms with Gasteiger partial charge >= 0.3 is 0 Å². The Morgan fingerprint density at radius 1 is 0.964 bits per heavy atom. The van der Waals surface area contributed by atoms with Gasteiger partial charge in [0.15, 0.2) is 0 Å². The highest BCUT2D eigenvalue weighted by Crippen LogP contribution is 2.25. The number of benzene rings is 2. The number of carbonyl (C=O) groups excluding carboxylic acids is 1. The van der Waals surface area contributed by atoms with Crippen molar-refractivity contribution in [3.8, 4) is 5.69 Å². The van der Waals surface area contributed by atoms with Gasteiger partial charge in [-0.1, -0.05) is 12.1 Å². The summed E-state index contributed by atoms with van der Waals surface area (Å²) < 4.78 is 16.1. The SMILES string of the molecule is O=C(c1ccc(-n2ccc3cccc(F)c32)cc1)N1CC[C@H](N2CCCC2)C1. The average Bonchev–Trinajstić information content (AvgIpc) is 3.47. The van der Waals surface area contributed by atoms with E-state index in [1.807, 2.05) is 52.1 Å². The second-order valence-corrected chi connectivity index (χ2v) is 7.85. The van der Waals surface area contributed by atoms with Gasteiger partial charge in [0.1, 0.15) is 5.82 Å². The normalized spacial score (nSPS) is 20.3. The van der Waals surface area contributed by atoms with Crippen LogP contribution in [-0.2, 0) is 0 Å². The minimum Gasteiger partial charge on any atom is -0.337 e. The Morgan fingerprint density at radius 2 is 1.75 bits per heavy atom. The molecule has 1 atom stereocenters. The average molecular weight is 377 g/mol. The predicted octanol–water partition coefficient (Wildman–Crippen LogP) is 4.08. The highest BCUT2D eigenvalue weighted by molar-refractivity contribution is 5.94. The molecule has 0 aliphatic carbocycles. The van der Waals surface area contributed by atoms with E-state index >= 15 is 0 Å². The largest absolute Gasteiger partial charge is 0.337 e. The molecule has 144 valence electrons. The van der Waals surface area contributed by atoms with Crippen LogP contribution in [-0.4, -0.2) is 52.5 Å². The first-order chi connectivity index (χ1) is 13.7. The summed E-state index contributed by atoms with van der Waals surface area (Å²) in [5, 5.41) is 0.866. The van der Waals surface area contributed by atoms with Crippen LogP contribution in [0.1, 0.15) is 29.6 Å². The molecule has 0 bridgehead atoms. The summed E-state index contributed by atoms with van der Waals surface area (Å²) in [4.78, 5) is 17.4. The van der Waals surface area contributed by atoms with Gasteiger partial charge in [0, 0.05) is 42.0 Å². The van der Waals surface area contributed by atoms with E-state index in [1.54, 1.807) is 6.07 Å². The van der Waals surface area contributed by atoms with E-state index in [-0.39, 0.29) is 11.7 Å². The van der Waals surface area contributed by atoms with Crippen LogP contribution in [0.25, 0.3) is 16.6 Å². The molecule has 0 N–H and O–H groups in total. The summed E-state index contributed by atoms with van der Waals surface area (Å²) in [6, 6.07) is 15.0. The molecule has 28 heavy (non-hydrogen) atoms. The van der Waals surface area contributed by atoms with E-state index in [2.05, 4.69) is 4.90 Å². The molecular weight excluding hydrogens is 353 g/mol. The summed E-state index contributed by atoms with van der Waals surface area (Å²) in [5.41, 5.74) is 2.12. The Bertz CT molecular complexity index is 1000. The lowest BCUT2D eigenvalue weighted by molar-refractivity contribution is 0.0780. The number of halogens is 1. The van der Waals surface area contributed by atoms with Gasteiger partial charge in [0.2, 0.25) is 0 Å². The fourth-order valence-corrected chi connectivity index (χ4v) is 4.64. The van der Waals surface area contributed by atoms with Gasteiger partial charge in [-0.15, -0.1) is 0 Å². The second kappa shape index (κ2) is 7.06. The van der Waals surface area contributed by atoms with Gasteiger partial charge in [-0.05, 0) is 68.8 Å². The lowest BCUT2D eigenvalue weighted by Crippen LogP contribution is -2.37. The van der Waals surface area contributed by atoms with E-state index in [4.69, 9.17) is 0 Å².